The summed E-state index contributed by atoms with van der Waals surface area (Å²) in [5.74, 6) is 0.873. The Morgan fingerprint density at radius 3 is 2.76 bits per heavy atom. The van der Waals surface area contributed by atoms with Crippen LogP contribution in [-0.4, -0.2) is 10.5 Å². The molecule has 0 radical (unpaired) electrons. The molecule has 5 heteroatoms. The molecule has 0 spiro atoms. The number of aryl methyl sites for hydroxylation is 1. The average molecular weight is 369 g/mol. The fourth-order valence-corrected chi connectivity index (χ4v) is 2.67. The van der Waals surface area contributed by atoms with Crippen LogP contribution < -0.4 is 10.1 Å². The highest BCUT2D eigenvalue weighted by Gasteiger charge is 2.10. The van der Waals surface area contributed by atoms with E-state index in [0.29, 0.717) is 6.61 Å². The van der Waals surface area contributed by atoms with Gasteiger partial charge in [-0.05, 0) is 51.5 Å². The van der Waals surface area contributed by atoms with E-state index < -0.39 is 0 Å². The van der Waals surface area contributed by atoms with Gasteiger partial charge in [0, 0.05) is 21.9 Å². The molecule has 0 fully saturated rings. The lowest BCUT2D eigenvalue weighted by molar-refractivity contribution is 0.301. The van der Waals surface area contributed by atoms with Gasteiger partial charge in [-0.25, -0.2) is 4.98 Å². The maximum atomic E-state index is 5.79. The number of halogens is 1. The minimum atomic E-state index is 0.108. The number of thiazole rings is 1. The van der Waals surface area contributed by atoms with Gasteiger partial charge in [-0.1, -0.05) is 15.9 Å². The summed E-state index contributed by atoms with van der Waals surface area (Å²) in [5, 5.41) is 6.59. The van der Waals surface area contributed by atoms with Gasteiger partial charge < -0.3 is 10.1 Å². The molecule has 114 valence electrons. The zero-order valence-corrected chi connectivity index (χ0v) is 15.3. The molecule has 0 unspecified atom stereocenters. The largest absolute Gasteiger partial charge is 0.487 e. The van der Waals surface area contributed by atoms with Gasteiger partial charge in [0.2, 0.25) is 0 Å². The van der Waals surface area contributed by atoms with E-state index in [-0.39, 0.29) is 5.54 Å². The van der Waals surface area contributed by atoms with Crippen molar-refractivity contribution < 1.29 is 4.74 Å². The Bertz CT molecular complexity index is 605. The van der Waals surface area contributed by atoms with E-state index in [1.165, 1.54) is 5.56 Å². The second-order valence-electron chi connectivity index (χ2n) is 6.04. The lowest BCUT2D eigenvalue weighted by Crippen LogP contribution is -2.35. The standard InChI is InChI=1S/C16H21BrN2OS/c1-11-7-13(5-6-14(11)17)20-9-12-10-21-15(19-12)8-18-16(2,3)4/h5-7,10,18H,8-9H2,1-4H3. The van der Waals surface area contributed by atoms with Crippen molar-refractivity contribution in [1.82, 2.24) is 10.3 Å². The van der Waals surface area contributed by atoms with Crippen molar-refractivity contribution >= 4 is 27.3 Å². The molecule has 0 aliphatic rings. The topological polar surface area (TPSA) is 34.1 Å². The van der Waals surface area contributed by atoms with Crippen LogP contribution in [0.3, 0.4) is 0 Å². The number of hydrogen-bond acceptors (Lipinski definition) is 4. The summed E-state index contributed by atoms with van der Waals surface area (Å²) in [7, 11) is 0. The summed E-state index contributed by atoms with van der Waals surface area (Å²) in [5.41, 5.74) is 2.25. The Hall–Kier alpha value is -0.910. The number of nitrogens with one attached hydrogen (secondary N) is 1. The Morgan fingerprint density at radius 2 is 2.10 bits per heavy atom. The number of ether oxygens (including phenoxy) is 1. The van der Waals surface area contributed by atoms with E-state index in [0.717, 1.165) is 27.5 Å². The van der Waals surface area contributed by atoms with E-state index in [1.807, 2.05) is 18.2 Å². The predicted molar refractivity (Wildman–Crippen MR) is 91.9 cm³/mol. The minimum absolute atomic E-state index is 0.108. The molecule has 0 atom stereocenters. The first-order valence-corrected chi connectivity index (χ1v) is 8.58. The first-order chi connectivity index (χ1) is 9.83. The monoisotopic (exact) mass is 368 g/mol. The smallest absolute Gasteiger partial charge is 0.131 e. The third kappa shape index (κ3) is 5.41. The first-order valence-electron chi connectivity index (χ1n) is 6.91. The van der Waals surface area contributed by atoms with Gasteiger partial charge in [-0.2, -0.15) is 0 Å². The van der Waals surface area contributed by atoms with E-state index in [2.05, 4.69) is 59.3 Å². The molecule has 21 heavy (non-hydrogen) atoms. The van der Waals surface area contributed by atoms with Crippen LogP contribution >= 0.6 is 27.3 Å². The van der Waals surface area contributed by atoms with Crippen LogP contribution in [0.25, 0.3) is 0 Å². The zero-order chi connectivity index (χ0) is 15.5. The zero-order valence-electron chi connectivity index (χ0n) is 12.9. The lowest BCUT2D eigenvalue weighted by atomic mass is 10.1. The highest BCUT2D eigenvalue weighted by molar-refractivity contribution is 9.10. The summed E-state index contributed by atoms with van der Waals surface area (Å²) in [6, 6.07) is 5.99. The SMILES string of the molecule is Cc1cc(OCc2csc(CNC(C)(C)C)n2)ccc1Br. The Labute approximate surface area is 138 Å². The molecular weight excluding hydrogens is 348 g/mol. The first kappa shape index (κ1) is 16.5. The number of nitrogens with zero attached hydrogens (tertiary/aromatic N) is 1. The fraction of sp³-hybridized carbons (Fsp3) is 0.438. The number of rotatable bonds is 5. The number of aromatic nitrogens is 1. The van der Waals surface area contributed by atoms with Gasteiger partial charge in [0.05, 0.1) is 5.69 Å². The fourth-order valence-electron chi connectivity index (χ4n) is 1.70. The summed E-state index contributed by atoms with van der Waals surface area (Å²) < 4.78 is 6.89. The normalized spacial score (nSPS) is 11.7. The molecule has 0 amide bonds. The molecule has 0 aliphatic heterocycles. The van der Waals surface area contributed by atoms with Crippen molar-refractivity contribution in [2.24, 2.45) is 0 Å². The van der Waals surface area contributed by atoms with Crippen molar-refractivity contribution in [3.05, 3.63) is 44.3 Å². The molecule has 1 aromatic heterocycles. The predicted octanol–water partition coefficient (Wildman–Crippen LogP) is 4.68. The van der Waals surface area contributed by atoms with Gasteiger partial charge in [-0.15, -0.1) is 11.3 Å². The second-order valence-corrected chi connectivity index (χ2v) is 7.83. The van der Waals surface area contributed by atoms with Crippen molar-refractivity contribution in [3.8, 4) is 5.75 Å². The van der Waals surface area contributed by atoms with Crippen LogP contribution in [0.5, 0.6) is 5.75 Å². The van der Waals surface area contributed by atoms with Crippen molar-refractivity contribution in [2.75, 3.05) is 0 Å². The maximum Gasteiger partial charge on any atom is 0.131 e. The quantitative estimate of drug-likeness (QED) is 0.831. The van der Waals surface area contributed by atoms with Crippen LogP contribution in [0.4, 0.5) is 0 Å². The van der Waals surface area contributed by atoms with Crippen LogP contribution in [0.1, 0.15) is 37.0 Å². The van der Waals surface area contributed by atoms with Gasteiger partial charge in [0.15, 0.2) is 0 Å². The van der Waals surface area contributed by atoms with Crippen molar-refractivity contribution in [2.45, 2.75) is 46.4 Å². The second kappa shape index (κ2) is 6.90. The Kier molecular flexibility index (Phi) is 5.41. The Balaban J connectivity index is 1.89. The molecule has 0 saturated carbocycles. The molecule has 3 nitrogen and oxygen atoms in total. The molecule has 2 rings (SSSR count). The molecule has 2 aromatic rings. The third-order valence-corrected chi connectivity index (χ3v) is 4.67. The Morgan fingerprint density at radius 1 is 1.33 bits per heavy atom. The molecule has 1 heterocycles. The maximum absolute atomic E-state index is 5.79. The highest BCUT2D eigenvalue weighted by atomic mass is 79.9. The van der Waals surface area contributed by atoms with Crippen molar-refractivity contribution in [3.63, 3.8) is 0 Å². The van der Waals surface area contributed by atoms with Crippen LogP contribution in [0.15, 0.2) is 28.1 Å². The van der Waals surface area contributed by atoms with Gasteiger partial charge in [-0.3, -0.25) is 0 Å². The van der Waals surface area contributed by atoms with E-state index in [1.54, 1.807) is 11.3 Å². The van der Waals surface area contributed by atoms with Gasteiger partial charge >= 0.3 is 0 Å². The molecular formula is C16H21BrN2OS. The van der Waals surface area contributed by atoms with E-state index in [4.69, 9.17) is 4.74 Å². The van der Waals surface area contributed by atoms with Crippen LogP contribution in [-0.2, 0) is 13.2 Å². The van der Waals surface area contributed by atoms with Crippen molar-refractivity contribution in [1.29, 1.82) is 0 Å². The molecule has 1 N–H and O–H groups in total. The van der Waals surface area contributed by atoms with Crippen LogP contribution in [0.2, 0.25) is 0 Å². The highest BCUT2D eigenvalue weighted by Crippen LogP contribution is 2.22. The van der Waals surface area contributed by atoms with Gasteiger partial charge in [0.25, 0.3) is 0 Å². The number of benzene rings is 1. The summed E-state index contributed by atoms with van der Waals surface area (Å²) in [6.07, 6.45) is 0. The average Bonchev–Trinajstić information content (AvgIpc) is 2.85. The lowest BCUT2D eigenvalue weighted by Gasteiger charge is -2.19. The van der Waals surface area contributed by atoms with Crippen LogP contribution in [0, 0.1) is 6.92 Å². The molecule has 0 aliphatic carbocycles. The minimum Gasteiger partial charge on any atom is -0.487 e. The van der Waals surface area contributed by atoms with Gasteiger partial charge in [0.1, 0.15) is 17.4 Å². The molecule has 1 aromatic carbocycles. The third-order valence-electron chi connectivity index (χ3n) is 2.89. The summed E-state index contributed by atoms with van der Waals surface area (Å²) in [6.45, 7) is 9.82. The van der Waals surface area contributed by atoms with E-state index >= 15 is 0 Å². The molecule has 0 saturated heterocycles. The van der Waals surface area contributed by atoms with E-state index in [9.17, 15) is 0 Å². The molecule has 0 bridgehead atoms. The summed E-state index contributed by atoms with van der Waals surface area (Å²) >= 11 is 5.16. The summed E-state index contributed by atoms with van der Waals surface area (Å²) in [4.78, 5) is 4.59. The number of hydrogen-bond donors (Lipinski definition) is 1.